The first-order valence-corrected chi connectivity index (χ1v) is 6.24. The van der Waals surface area contributed by atoms with E-state index in [0.29, 0.717) is 11.8 Å². The Balaban J connectivity index is 0.000000180. The molecule has 2 heterocycles. The second kappa shape index (κ2) is 6.33. The highest BCUT2D eigenvalue weighted by atomic mass is 15.3. The number of aromatic nitrogens is 5. The van der Waals surface area contributed by atoms with E-state index >= 15 is 0 Å². The van der Waals surface area contributed by atoms with Crippen molar-refractivity contribution < 1.29 is 0 Å². The summed E-state index contributed by atoms with van der Waals surface area (Å²) < 4.78 is 3.76. The Morgan fingerprint density at radius 3 is 1.89 bits per heavy atom. The molecule has 2 aromatic rings. The standard InChI is InChI=1S/C7H12N2.C6H11N3/c1-6(2)7-8-4-5-9(7)3;1-5(2)6-7-4-9(3)8-6/h4-6H,1-3H3;4-5H,1-3H3. The monoisotopic (exact) mass is 249 g/mol. The number of aryl methyl sites for hydroxylation is 2. The van der Waals surface area contributed by atoms with E-state index in [4.69, 9.17) is 0 Å². The Labute approximate surface area is 109 Å². The van der Waals surface area contributed by atoms with Gasteiger partial charge in [-0.05, 0) is 0 Å². The van der Waals surface area contributed by atoms with Gasteiger partial charge in [0.15, 0.2) is 5.82 Å². The van der Waals surface area contributed by atoms with Crippen molar-refractivity contribution >= 4 is 0 Å². The van der Waals surface area contributed by atoms with Gasteiger partial charge in [-0.1, -0.05) is 27.7 Å². The van der Waals surface area contributed by atoms with Gasteiger partial charge in [-0.3, -0.25) is 4.68 Å². The van der Waals surface area contributed by atoms with Gasteiger partial charge in [-0.15, -0.1) is 0 Å². The lowest BCUT2D eigenvalue weighted by molar-refractivity contribution is 0.709. The minimum Gasteiger partial charge on any atom is -0.338 e. The summed E-state index contributed by atoms with van der Waals surface area (Å²) in [5, 5.41) is 4.12. The molecule has 0 N–H and O–H groups in total. The maximum atomic E-state index is 4.18. The van der Waals surface area contributed by atoms with Crippen LogP contribution in [0.3, 0.4) is 0 Å². The normalized spacial score (nSPS) is 10.7. The fourth-order valence-electron chi connectivity index (χ4n) is 1.55. The number of hydrogen-bond acceptors (Lipinski definition) is 3. The van der Waals surface area contributed by atoms with Gasteiger partial charge in [-0.2, -0.15) is 5.10 Å². The number of nitrogens with zero attached hydrogens (tertiary/aromatic N) is 5. The predicted octanol–water partition coefficient (Wildman–Crippen LogP) is 2.48. The van der Waals surface area contributed by atoms with E-state index in [2.05, 4.69) is 42.8 Å². The van der Waals surface area contributed by atoms with E-state index in [-0.39, 0.29) is 0 Å². The maximum Gasteiger partial charge on any atom is 0.153 e. The lowest BCUT2D eigenvalue weighted by Crippen LogP contribution is -1.98. The lowest BCUT2D eigenvalue weighted by atomic mass is 10.2. The summed E-state index contributed by atoms with van der Waals surface area (Å²) in [5.74, 6) is 3.03. The van der Waals surface area contributed by atoms with Gasteiger partial charge in [0.1, 0.15) is 12.2 Å². The third kappa shape index (κ3) is 3.98. The van der Waals surface area contributed by atoms with Crippen LogP contribution in [0.5, 0.6) is 0 Å². The van der Waals surface area contributed by atoms with Gasteiger partial charge in [-0.25, -0.2) is 9.97 Å². The molecule has 0 radical (unpaired) electrons. The van der Waals surface area contributed by atoms with Crippen LogP contribution in [0, 0.1) is 0 Å². The fraction of sp³-hybridized carbons (Fsp3) is 0.615. The Bertz CT molecular complexity index is 467. The van der Waals surface area contributed by atoms with Crippen molar-refractivity contribution in [2.45, 2.75) is 39.5 Å². The quantitative estimate of drug-likeness (QED) is 0.821. The van der Waals surface area contributed by atoms with Crippen LogP contribution in [0.1, 0.15) is 51.2 Å². The summed E-state index contributed by atoms with van der Waals surface area (Å²) in [6, 6.07) is 0. The van der Waals surface area contributed by atoms with E-state index in [1.165, 1.54) is 0 Å². The summed E-state index contributed by atoms with van der Waals surface area (Å²) in [6.45, 7) is 8.44. The molecular weight excluding hydrogens is 226 g/mol. The lowest BCUT2D eigenvalue weighted by Gasteiger charge is -2.02. The van der Waals surface area contributed by atoms with Gasteiger partial charge >= 0.3 is 0 Å². The van der Waals surface area contributed by atoms with E-state index in [0.717, 1.165) is 11.6 Å². The van der Waals surface area contributed by atoms with Crippen LogP contribution in [-0.2, 0) is 14.1 Å². The molecule has 5 nitrogen and oxygen atoms in total. The minimum absolute atomic E-state index is 0.436. The Kier molecular flexibility index (Phi) is 5.07. The second-order valence-electron chi connectivity index (χ2n) is 4.98. The molecule has 0 bridgehead atoms. The number of hydrogen-bond donors (Lipinski definition) is 0. The summed E-state index contributed by atoms with van der Waals surface area (Å²) in [5.41, 5.74) is 0. The molecule has 0 unspecified atom stereocenters. The molecule has 18 heavy (non-hydrogen) atoms. The van der Waals surface area contributed by atoms with Crippen LogP contribution in [0.2, 0.25) is 0 Å². The van der Waals surface area contributed by atoms with E-state index in [9.17, 15) is 0 Å². The zero-order chi connectivity index (χ0) is 13.7. The van der Waals surface area contributed by atoms with Gasteiger partial charge in [0.2, 0.25) is 0 Å². The van der Waals surface area contributed by atoms with Gasteiger partial charge in [0.05, 0.1) is 0 Å². The third-order valence-corrected chi connectivity index (χ3v) is 2.51. The first kappa shape index (κ1) is 14.4. The molecule has 0 aromatic carbocycles. The van der Waals surface area contributed by atoms with Crippen molar-refractivity contribution in [3.05, 3.63) is 30.4 Å². The van der Waals surface area contributed by atoms with Crippen LogP contribution >= 0.6 is 0 Å². The first-order valence-electron chi connectivity index (χ1n) is 6.24. The molecule has 0 fully saturated rings. The fourth-order valence-corrected chi connectivity index (χ4v) is 1.55. The highest BCUT2D eigenvalue weighted by Crippen LogP contribution is 2.08. The molecule has 2 aromatic heterocycles. The minimum atomic E-state index is 0.436. The molecule has 0 aliphatic rings. The predicted molar refractivity (Wildman–Crippen MR) is 72.4 cm³/mol. The molecule has 5 heteroatoms. The van der Waals surface area contributed by atoms with Crippen molar-refractivity contribution in [3.63, 3.8) is 0 Å². The maximum absolute atomic E-state index is 4.18. The molecule has 100 valence electrons. The summed E-state index contributed by atoms with van der Waals surface area (Å²) >= 11 is 0. The second-order valence-corrected chi connectivity index (χ2v) is 4.98. The molecule has 0 atom stereocenters. The van der Waals surface area contributed by atoms with E-state index in [1.54, 1.807) is 11.0 Å². The zero-order valence-corrected chi connectivity index (χ0v) is 12.1. The van der Waals surface area contributed by atoms with Crippen molar-refractivity contribution in [2.24, 2.45) is 14.1 Å². The van der Waals surface area contributed by atoms with Crippen molar-refractivity contribution in [1.29, 1.82) is 0 Å². The Hall–Kier alpha value is -1.65. The van der Waals surface area contributed by atoms with Gasteiger partial charge in [0, 0.05) is 38.3 Å². The molecule has 0 amide bonds. The SMILES string of the molecule is CC(C)c1nccn1C.CC(C)c1ncn(C)n1. The Morgan fingerprint density at radius 2 is 1.67 bits per heavy atom. The van der Waals surface area contributed by atoms with Crippen molar-refractivity contribution in [1.82, 2.24) is 24.3 Å². The summed E-state index contributed by atoms with van der Waals surface area (Å²) in [7, 11) is 3.89. The molecule has 0 spiro atoms. The van der Waals surface area contributed by atoms with Crippen LogP contribution < -0.4 is 0 Å². The largest absolute Gasteiger partial charge is 0.338 e. The molecule has 0 saturated heterocycles. The third-order valence-electron chi connectivity index (χ3n) is 2.51. The van der Waals surface area contributed by atoms with Gasteiger partial charge < -0.3 is 4.57 Å². The molecule has 0 saturated carbocycles. The molecule has 0 aliphatic carbocycles. The molecule has 2 rings (SSSR count). The van der Waals surface area contributed by atoms with Gasteiger partial charge in [0.25, 0.3) is 0 Å². The van der Waals surface area contributed by atoms with Crippen LogP contribution in [0.4, 0.5) is 0 Å². The highest BCUT2D eigenvalue weighted by molar-refractivity contribution is 4.95. The number of imidazole rings is 1. The van der Waals surface area contributed by atoms with Crippen LogP contribution in [0.15, 0.2) is 18.7 Å². The van der Waals surface area contributed by atoms with Crippen molar-refractivity contribution in [2.75, 3.05) is 0 Å². The van der Waals surface area contributed by atoms with E-state index < -0.39 is 0 Å². The smallest absolute Gasteiger partial charge is 0.153 e. The van der Waals surface area contributed by atoms with Crippen LogP contribution in [0.25, 0.3) is 0 Å². The highest BCUT2D eigenvalue weighted by Gasteiger charge is 2.02. The Morgan fingerprint density at radius 1 is 1.00 bits per heavy atom. The molecule has 0 aliphatic heterocycles. The zero-order valence-electron chi connectivity index (χ0n) is 12.1. The molecular formula is C13H23N5. The van der Waals surface area contributed by atoms with Crippen LogP contribution in [-0.4, -0.2) is 24.3 Å². The van der Waals surface area contributed by atoms with E-state index in [1.807, 2.05) is 31.1 Å². The first-order chi connectivity index (χ1) is 8.41. The summed E-state index contributed by atoms with van der Waals surface area (Å²) in [6.07, 6.45) is 5.51. The summed E-state index contributed by atoms with van der Waals surface area (Å²) in [4.78, 5) is 8.25. The average molecular weight is 249 g/mol. The topological polar surface area (TPSA) is 48.5 Å². The van der Waals surface area contributed by atoms with Crippen molar-refractivity contribution in [3.8, 4) is 0 Å². The number of rotatable bonds is 2. The average Bonchev–Trinajstić information content (AvgIpc) is 2.87.